The normalized spacial score (nSPS) is 19.6. The van der Waals surface area contributed by atoms with Gasteiger partial charge >= 0.3 is 0 Å². The number of methoxy groups -OCH3 is 2. The molecule has 1 aromatic carbocycles. The Bertz CT molecular complexity index is 779. The quantitative estimate of drug-likeness (QED) is 0.706. The molecular weight excluding hydrogens is 370 g/mol. The van der Waals surface area contributed by atoms with Gasteiger partial charge in [-0.05, 0) is 24.0 Å². The summed E-state index contributed by atoms with van der Waals surface area (Å²) < 4.78 is 37.6. The van der Waals surface area contributed by atoms with E-state index in [0.717, 1.165) is 6.42 Å². The van der Waals surface area contributed by atoms with Crippen molar-refractivity contribution >= 4 is 15.9 Å². The lowest BCUT2D eigenvalue weighted by atomic mass is 9.79. The third-order valence-electron chi connectivity index (χ3n) is 4.96. The summed E-state index contributed by atoms with van der Waals surface area (Å²) in [5.74, 6) is 0.686. The lowest BCUT2D eigenvalue weighted by Gasteiger charge is -2.42. The molecule has 0 bridgehead atoms. The van der Waals surface area contributed by atoms with Gasteiger partial charge in [0.2, 0.25) is 15.9 Å². The van der Waals surface area contributed by atoms with Crippen LogP contribution in [-0.2, 0) is 14.8 Å². The average molecular weight is 400 g/mol. The summed E-state index contributed by atoms with van der Waals surface area (Å²) in [6.07, 6.45) is 0.841. The molecule has 9 heteroatoms. The third-order valence-corrected chi connectivity index (χ3v) is 6.42. The van der Waals surface area contributed by atoms with E-state index >= 15 is 0 Å². The van der Waals surface area contributed by atoms with Gasteiger partial charge in [-0.2, -0.15) is 0 Å². The van der Waals surface area contributed by atoms with Gasteiger partial charge in [0.25, 0.3) is 0 Å². The number of ether oxygens (including phenoxy) is 2. The highest BCUT2D eigenvalue weighted by atomic mass is 32.2. The molecule has 1 amide bonds. The molecule has 1 saturated heterocycles. The second-order valence-electron chi connectivity index (χ2n) is 7.36. The van der Waals surface area contributed by atoms with Gasteiger partial charge in [-0.3, -0.25) is 4.79 Å². The van der Waals surface area contributed by atoms with E-state index in [4.69, 9.17) is 15.2 Å². The molecule has 8 nitrogen and oxygen atoms in total. The van der Waals surface area contributed by atoms with Crippen LogP contribution in [0.1, 0.15) is 26.7 Å². The van der Waals surface area contributed by atoms with Crippen molar-refractivity contribution in [1.29, 1.82) is 0 Å². The first kappa shape index (κ1) is 21.5. The van der Waals surface area contributed by atoms with Crippen LogP contribution in [0.5, 0.6) is 11.5 Å². The summed E-state index contributed by atoms with van der Waals surface area (Å²) in [6.45, 7) is 5.29. The van der Waals surface area contributed by atoms with E-state index in [9.17, 15) is 13.2 Å². The Morgan fingerprint density at radius 3 is 2.56 bits per heavy atom. The Morgan fingerprint density at radius 1 is 1.30 bits per heavy atom. The number of carbonyl (C=O) groups is 1. The zero-order valence-corrected chi connectivity index (χ0v) is 17.1. The van der Waals surface area contributed by atoms with Crippen LogP contribution in [0.4, 0.5) is 0 Å². The smallest absolute Gasteiger partial charge is 0.240 e. The minimum atomic E-state index is -3.75. The zero-order valence-electron chi connectivity index (χ0n) is 16.3. The molecule has 0 aliphatic carbocycles. The van der Waals surface area contributed by atoms with Gasteiger partial charge in [0, 0.05) is 38.2 Å². The summed E-state index contributed by atoms with van der Waals surface area (Å²) in [5, 5.41) is 0. The average Bonchev–Trinajstić information content (AvgIpc) is 2.62. The van der Waals surface area contributed by atoms with Gasteiger partial charge in [-0.1, -0.05) is 13.8 Å². The van der Waals surface area contributed by atoms with Crippen LogP contribution < -0.4 is 19.9 Å². The van der Waals surface area contributed by atoms with Crippen molar-refractivity contribution in [1.82, 2.24) is 9.62 Å². The summed E-state index contributed by atoms with van der Waals surface area (Å²) in [6, 6.07) is 4.40. The maximum atomic E-state index is 12.5. The lowest BCUT2D eigenvalue weighted by Crippen LogP contribution is -2.54. The SMILES string of the molecule is COc1ccc(S(=O)(=O)NCCC(=O)N2CCC(N)C(C)(C)C2)cc1OC. The maximum absolute atomic E-state index is 12.5. The van der Waals surface area contributed by atoms with Crippen LogP contribution in [0.3, 0.4) is 0 Å². The number of benzene rings is 1. The minimum Gasteiger partial charge on any atom is -0.493 e. The first-order chi connectivity index (χ1) is 12.6. The molecule has 3 N–H and O–H groups in total. The second kappa shape index (κ2) is 8.45. The van der Waals surface area contributed by atoms with Gasteiger partial charge in [0.15, 0.2) is 11.5 Å². The molecule has 0 aromatic heterocycles. The summed E-state index contributed by atoms with van der Waals surface area (Å²) in [5.41, 5.74) is 5.95. The van der Waals surface area contributed by atoms with E-state index in [2.05, 4.69) is 4.72 Å². The van der Waals surface area contributed by atoms with Crippen molar-refractivity contribution in [2.45, 2.75) is 37.6 Å². The summed E-state index contributed by atoms with van der Waals surface area (Å²) in [4.78, 5) is 14.2. The van der Waals surface area contributed by atoms with E-state index < -0.39 is 10.0 Å². The number of nitrogens with zero attached hydrogens (tertiary/aromatic N) is 1. The second-order valence-corrected chi connectivity index (χ2v) is 9.13. The topological polar surface area (TPSA) is 111 Å². The maximum Gasteiger partial charge on any atom is 0.240 e. The fourth-order valence-electron chi connectivity index (χ4n) is 3.10. The largest absolute Gasteiger partial charge is 0.493 e. The van der Waals surface area contributed by atoms with Crippen LogP contribution in [0, 0.1) is 5.41 Å². The predicted octanol–water partition coefficient (Wildman–Crippen LogP) is 0.958. The molecule has 1 aliphatic heterocycles. The number of hydrogen-bond acceptors (Lipinski definition) is 6. The Hall–Kier alpha value is -1.84. The molecule has 27 heavy (non-hydrogen) atoms. The number of amides is 1. The monoisotopic (exact) mass is 399 g/mol. The third kappa shape index (κ3) is 5.12. The first-order valence-electron chi connectivity index (χ1n) is 8.86. The predicted molar refractivity (Wildman–Crippen MR) is 102 cm³/mol. The van der Waals surface area contributed by atoms with Crippen molar-refractivity contribution in [3.05, 3.63) is 18.2 Å². The summed E-state index contributed by atoms with van der Waals surface area (Å²) >= 11 is 0. The fourth-order valence-corrected chi connectivity index (χ4v) is 4.15. The highest BCUT2D eigenvalue weighted by molar-refractivity contribution is 7.89. The first-order valence-corrected chi connectivity index (χ1v) is 10.3. The van der Waals surface area contributed by atoms with E-state index in [0.29, 0.717) is 24.6 Å². The van der Waals surface area contributed by atoms with Crippen molar-refractivity contribution in [3.8, 4) is 11.5 Å². The van der Waals surface area contributed by atoms with Crippen LogP contribution >= 0.6 is 0 Å². The molecule has 152 valence electrons. The number of nitrogens with one attached hydrogen (secondary N) is 1. The van der Waals surface area contributed by atoms with E-state index in [1.165, 1.54) is 32.4 Å². The molecule has 1 aliphatic rings. The number of hydrogen-bond donors (Lipinski definition) is 2. The van der Waals surface area contributed by atoms with Crippen LogP contribution in [0.25, 0.3) is 0 Å². The Labute approximate surface area is 161 Å². The number of piperidine rings is 1. The molecular formula is C18H29N3O5S. The molecule has 1 fully saturated rings. The van der Waals surface area contributed by atoms with E-state index in [-0.39, 0.29) is 35.2 Å². The number of sulfonamides is 1. The van der Waals surface area contributed by atoms with Crippen molar-refractivity contribution in [2.75, 3.05) is 33.9 Å². The Kier molecular flexibility index (Phi) is 6.72. The number of nitrogens with two attached hydrogens (primary N) is 1. The number of rotatable bonds is 7. The summed E-state index contributed by atoms with van der Waals surface area (Å²) in [7, 11) is -0.838. The van der Waals surface area contributed by atoms with Gasteiger partial charge in [-0.15, -0.1) is 0 Å². The van der Waals surface area contributed by atoms with E-state index in [1.54, 1.807) is 4.90 Å². The molecule has 1 heterocycles. The fraction of sp³-hybridized carbons (Fsp3) is 0.611. The molecule has 1 atom stereocenters. The standard InChI is InChI=1S/C18H29N3O5S/c1-18(2)12-21(10-8-16(18)19)17(22)7-9-20-27(23,24)13-5-6-14(25-3)15(11-13)26-4/h5-6,11,16,20H,7-10,12,19H2,1-4H3. The number of likely N-dealkylation sites (tertiary alicyclic amines) is 1. The lowest BCUT2D eigenvalue weighted by molar-refractivity contribution is -0.134. The van der Waals surface area contributed by atoms with Crippen LogP contribution in [0.2, 0.25) is 0 Å². The van der Waals surface area contributed by atoms with E-state index in [1.807, 2.05) is 13.8 Å². The van der Waals surface area contributed by atoms with Gasteiger partial charge in [0.05, 0.1) is 19.1 Å². The Morgan fingerprint density at radius 2 is 1.96 bits per heavy atom. The van der Waals surface area contributed by atoms with Crippen LogP contribution in [-0.4, -0.2) is 59.1 Å². The van der Waals surface area contributed by atoms with Crippen molar-refractivity contribution < 1.29 is 22.7 Å². The highest BCUT2D eigenvalue weighted by Crippen LogP contribution is 2.29. The Balaban J connectivity index is 1.95. The zero-order chi connectivity index (χ0) is 20.2. The van der Waals surface area contributed by atoms with Crippen LogP contribution in [0.15, 0.2) is 23.1 Å². The van der Waals surface area contributed by atoms with Crippen molar-refractivity contribution in [2.24, 2.45) is 11.1 Å². The molecule has 1 aromatic rings. The highest BCUT2D eigenvalue weighted by Gasteiger charge is 2.35. The minimum absolute atomic E-state index is 0.0263. The van der Waals surface area contributed by atoms with Gasteiger partial charge in [0.1, 0.15) is 0 Å². The molecule has 0 saturated carbocycles. The van der Waals surface area contributed by atoms with Crippen molar-refractivity contribution in [3.63, 3.8) is 0 Å². The molecule has 0 spiro atoms. The molecule has 0 radical (unpaired) electrons. The number of carbonyl (C=O) groups excluding carboxylic acids is 1. The molecule has 2 rings (SSSR count). The van der Waals surface area contributed by atoms with Gasteiger partial charge < -0.3 is 20.1 Å². The molecule has 1 unspecified atom stereocenters. The van der Waals surface area contributed by atoms with Gasteiger partial charge in [-0.25, -0.2) is 13.1 Å².